The molecule has 0 unspecified atom stereocenters. The van der Waals surface area contributed by atoms with Crippen LogP contribution in [0.5, 0.6) is 11.5 Å². The predicted octanol–water partition coefficient (Wildman–Crippen LogP) is 3.15. The highest BCUT2D eigenvalue weighted by atomic mass is 16.5. The number of hydrogen-bond donors (Lipinski definition) is 2. The molecule has 0 saturated heterocycles. The Morgan fingerprint density at radius 1 is 1.00 bits per heavy atom. The summed E-state index contributed by atoms with van der Waals surface area (Å²) >= 11 is 0. The Labute approximate surface area is 156 Å². The molecule has 0 spiro atoms. The summed E-state index contributed by atoms with van der Waals surface area (Å²) < 4.78 is 10.8. The Balaban J connectivity index is 1.77. The average molecular weight is 371 g/mol. The lowest BCUT2D eigenvalue weighted by Crippen LogP contribution is -2.20. The van der Waals surface area contributed by atoms with Crippen LogP contribution in [-0.2, 0) is 9.59 Å². The highest BCUT2D eigenvalue weighted by molar-refractivity contribution is 5.94. The predicted molar refractivity (Wildman–Crippen MR) is 99.4 cm³/mol. The van der Waals surface area contributed by atoms with Crippen molar-refractivity contribution >= 4 is 23.3 Å². The fraction of sp³-hybridized carbons (Fsp3) is 0.250. The van der Waals surface area contributed by atoms with Gasteiger partial charge < -0.3 is 19.9 Å². The van der Waals surface area contributed by atoms with E-state index in [2.05, 4.69) is 5.32 Å². The summed E-state index contributed by atoms with van der Waals surface area (Å²) in [5, 5.41) is 11.3. The van der Waals surface area contributed by atoms with Gasteiger partial charge in [-0.1, -0.05) is 12.1 Å². The number of ether oxygens (including phenoxy) is 2. The second-order valence-corrected chi connectivity index (χ2v) is 5.79. The third-order valence-corrected chi connectivity index (χ3v) is 3.55. The zero-order chi connectivity index (χ0) is 19.6. The number of aliphatic carboxylic acids is 1. The van der Waals surface area contributed by atoms with Crippen LogP contribution in [0.25, 0.3) is 0 Å². The molecule has 0 radical (unpaired) electrons. The molecular formula is C20H21NO6. The molecule has 0 heterocycles. The number of carboxylic acid groups (broad SMARTS) is 1. The molecule has 0 aliphatic carbocycles. The number of nitrogens with one attached hydrogen (secondary N) is 1. The normalized spacial score (nSPS) is 10.1. The molecule has 2 aromatic rings. The number of anilines is 1. The second kappa shape index (κ2) is 9.96. The third kappa shape index (κ3) is 7.19. The summed E-state index contributed by atoms with van der Waals surface area (Å²) in [7, 11) is 0. The first kappa shape index (κ1) is 20.0. The Kier molecular flexibility index (Phi) is 7.37. The number of rotatable bonds is 10. The summed E-state index contributed by atoms with van der Waals surface area (Å²) in [6, 6.07) is 13.4. The van der Waals surface area contributed by atoms with Gasteiger partial charge in [0.1, 0.15) is 11.5 Å². The van der Waals surface area contributed by atoms with Crippen LogP contribution in [0.2, 0.25) is 0 Å². The lowest BCUT2D eigenvalue weighted by molar-refractivity contribution is -0.137. The van der Waals surface area contributed by atoms with Crippen molar-refractivity contribution in [3.63, 3.8) is 0 Å². The van der Waals surface area contributed by atoms with Gasteiger partial charge in [0.05, 0.1) is 6.61 Å². The van der Waals surface area contributed by atoms with Crippen molar-refractivity contribution < 1.29 is 29.0 Å². The maximum atomic E-state index is 12.0. The molecule has 0 aliphatic heterocycles. The lowest BCUT2D eigenvalue weighted by atomic mass is 10.1. The Morgan fingerprint density at radius 3 is 2.41 bits per heavy atom. The minimum Gasteiger partial charge on any atom is -0.494 e. The van der Waals surface area contributed by atoms with Crippen LogP contribution in [0.3, 0.4) is 0 Å². The van der Waals surface area contributed by atoms with Gasteiger partial charge in [-0.15, -0.1) is 0 Å². The monoisotopic (exact) mass is 371 g/mol. The zero-order valence-electron chi connectivity index (χ0n) is 14.9. The molecular weight excluding hydrogens is 350 g/mol. The van der Waals surface area contributed by atoms with Gasteiger partial charge in [-0.25, -0.2) is 0 Å². The highest BCUT2D eigenvalue weighted by Crippen LogP contribution is 2.17. The van der Waals surface area contributed by atoms with Gasteiger partial charge in [0, 0.05) is 17.7 Å². The van der Waals surface area contributed by atoms with Crippen molar-refractivity contribution in [2.24, 2.45) is 0 Å². The summed E-state index contributed by atoms with van der Waals surface area (Å²) in [5.41, 5.74) is 1.10. The highest BCUT2D eigenvalue weighted by Gasteiger charge is 2.06. The summed E-state index contributed by atoms with van der Waals surface area (Å²) in [6.07, 6.45) is 0.486. The number of benzene rings is 2. The van der Waals surface area contributed by atoms with E-state index in [1.54, 1.807) is 48.5 Å². The SMILES string of the molecule is CC(=O)c1cccc(OCC(=O)Nc2ccc(OCCCC(=O)O)cc2)c1. The van der Waals surface area contributed by atoms with Crippen molar-refractivity contribution in [2.75, 3.05) is 18.5 Å². The zero-order valence-corrected chi connectivity index (χ0v) is 14.9. The van der Waals surface area contributed by atoms with E-state index in [0.717, 1.165) is 0 Å². The molecule has 1 amide bonds. The molecule has 0 aliphatic rings. The van der Waals surface area contributed by atoms with E-state index in [1.807, 2.05) is 0 Å². The number of amides is 1. The number of ketones is 1. The first-order valence-electron chi connectivity index (χ1n) is 8.42. The van der Waals surface area contributed by atoms with Gasteiger partial charge in [0.2, 0.25) is 0 Å². The van der Waals surface area contributed by atoms with Gasteiger partial charge in [0.25, 0.3) is 5.91 Å². The summed E-state index contributed by atoms with van der Waals surface area (Å²) in [4.78, 5) is 33.7. The lowest BCUT2D eigenvalue weighted by Gasteiger charge is -2.09. The minimum absolute atomic E-state index is 0.0590. The smallest absolute Gasteiger partial charge is 0.303 e. The van der Waals surface area contributed by atoms with E-state index in [0.29, 0.717) is 35.8 Å². The van der Waals surface area contributed by atoms with E-state index in [1.165, 1.54) is 6.92 Å². The summed E-state index contributed by atoms with van der Waals surface area (Å²) in [5.74, 6) is -0.223. The second-order valence-electron chi connectivity index (χ2n) is 5.79. The first-order valence-corrected chi connectivity index (χ1v) is 8.42. The third-order valence-electron chi connectivity index (χ3n) is 3.55. The van der Waals surface area contributed by atoms with Gasteiger partial charge >= 0.3 is 5.97 Å². The molecule has 0 bridgehead atoms. The maximum absolute atomic E-state index is 12.0. The number of Topliss-reactive ketones (excluding diaryl/α,β-unsaturated/α-hetero) is 1. The van der Waals surface area contributed by atoms with Crippen molar-refractivity contribution in [1.82, 2.24) is 0 Å². The van der Waals surface area contributed by atoms with Crippen LogP contribution >= 0.6 is 0 Å². The van der Waals surface area contributed by atoms with E-state index < -0.39 is 5.97 Å². The van der Waals surface area contributed by atoms with Gasteiger partial charge in [0.15, 0.2) is 12.4 Å². The number of carbonyl (C=O) groups is 3. The Morgan fingerprint density at radius 2 is 1.74 bits per heavy atom. The van der Waals surface area contributed by atoms with Crippen LogP contribution < -0.4 is 14.8 Å². The summed E-state index contributed by atoms with van der Waals surface area (Å²) in [6.45, 7) is 1.59. The van der Waals surface area contributed by atoms with Crippen LogP contribution in [0.4, 0.5) is 5.69 Å². The molecule has 2 N–H and O–H groups in total. The molecule has 2 aromatic carbocycles. The Bertz CT molecular complexity index is 800. The first-order chi connectivity index (χ1) is 12.9. The molecule has 142 valence electrons. The quantitative estimate of drug-likeness (QED) is 0.491. The van der Waals surface area contributed by atoms with Gasteiger partial charge in [-0.05, 0) is 49.7 Å². The van der Waals surface area contributed by atoms with Gasteiger partial charge in [-0.2, -0.15) is 0 Å². The number of carboxylic acids is 1. The van der Waals surface area contributed by atoms with E-state index in [4.69, 9.17) is 14.6 Å². The Hall–Kier alpha value is -3.35. The van der Waals surface area contributed by atoms with Crippen LogP contribution in [0.1, 0.15) is 30.1 Å². The van der Waals surface area contributed by atoms with Crippen molar-refractivity contribution in [2.45, 2.75) is 19.8 Å². The largest absolute Gasteiger partial charge is 0.494 e. The van der Waals surface area contributed by atoms with Crippen LogP contribution in [0.15, 0.2) is 48.5 Å². The number of carbonyl (C=O) groups excluding carboxylic acids is 2. The molecule has 0 saturated carbocycles. The van der Waals surface area contributed by atoms with E-state index in [-0.39, 0.29) is 24.7 Å². The van der Waals surface area contributed by atoms with Crippen LogP contribution in [-0.4, -0.2) is 36.0 Å². The van der Waals surface area contributed by atoms with E-state index >= 15 is 0 Å². The number of hydrogen-bond acceptors (Lipinski definition) is 5. The van der Waals surface area contributed by atoms with Gasteiger partial charge in [-0.3, -0.25) is 14.4 Å². The minimum atomic E-state index is -0.855. The van der Waals surface area contributed by atoms with Crippen molar-refractivity contribution in [3.05, 3.63) is 54.1 Å². The van der Waals surface area contributed by atoms with Crippen molar-refractivity contribution in [3.8, 4) is 11.5 Å². The molecule has 27 heavy (non-hydrogen) atoms. The maximum Gasteiger partial charge on any atom is 0.303 e. The topological polar surface area (TPSA) is 102 Å². The standard InChI is InChI=1S/C20H21NO6/c1-14(22)15-4-2-5-18(12-15)27-13-19(23)21-16-7-9-17(10-8-16)26-11-3-6-20(24)25/h2,4-5,7-10,12H,3,6,11,13H2,1H3,(H,21,23)(H,24,25). The fourth-order valence-electron chi connectivity index (χ4n) is 2.20. The molecule has 7 nitrogen and oxygen atoms in total. The fourth-order valence-corrected chi connectivity index (χ4v) is 2.20. The average Bonchev–Trinajstić information content (AvgIpc) is 2.65. The molecule has 0 aromatic heterocycles. The molecule has 2 rings (SSSR count). The molecule has 0 atom stereocenters. The van der Waals surface area contributed by atoms with Crippen molar-refractivity contribution in [1.29, 1.82) is 0 Å². The van der Waals surface area contributed by atoms with E-state index in [9.17, 15) is 14.4 Å². The molecule has 7 heteroatoms. The molecule has 0 fully saturated rings. The van der Waals surface area contributed by atoms with Crippen LogP contribution in [0, 0.1) is 0 Å².